The normalized spacial score (nSPS) is 21.6. The van der Waals surface area contributed by atoms with Gasteiger partial charge in [0.25, 0.3) is 0 Å². The number of aliphatic imine (C=N–C) groups is 1. The van der Waals surface area contributed by atoms with Crippen LogP contribution < -0.4 is 15.8 Å². The van der Waals surface area contributed by atoms with Gasteiger partial charge in [-0.15, -0.1) is 24.0 Å². The van der Waals surface area contributed by atoms with Gasteiger partial charge in [0.05, 0.1) is 19.2 Å². The zero-order valence-corrected chi connectivity index (χ0v) is 17.7. The third-order valence-electron chi connectivity index (χ3n) is 4.80. The molecule has 2 aliphatic rings. The molecule has 0 saturated carbocycles. The second kappa shape index (κ2) is 8.99. The molecule has 138 valence electrons. The molecule has 4 nitrogen and oxygen atoms in total. The van der Waals surface area contributed by atoms with E-state index in [9.17, 15) is 0 Å². The minimum absolute atomic E-state index is 0. The lowest BCUT2D eigenvalue weighted by atomic mass is 10.0. The predicted octanol–water partition coefficient (Wildman–Crippen LogP) is 4.06. The van der Waals surface area contributed by atoms with Crippen LogP contribution in [0.15, 0.2) is 53.5 Å². The number of hydrogen-bond donors (Lipinski definition) is 2. The van der Waals surface area contributed by atoms with E-state index >= 15 is 0 Å². The van der Waals surface area contributed by atoms with Gasteiger partial charge in [0.15, 0.2) is 5.96 Å². The number of ether oxygens (including phenoxy) is 1. The van der Waals surface area contributed by atoms with E-state index in [1.165, 1.54) is 11.1 Å². The first kappa shape index (κ1) is 19.4. The van der Waals surface area contributed by atoms with Crippen molar-refractivity contribution in [3.05, 3.63) is 65.2 Å². The zero-order valence-electron chi connectivity index (χ0n) is 14.6. The number of rotatable bonds is 3. The van der Waals surface area contributed by atoms with Crippen LogP contribution in [0.25, 0.3) is 0 Å². The van der Waals surface area contributed by atoms with Crippen molar-refractivity contribution in [1.82, 2.24) is 5.32 Å². The van der Waals surface area contributed by atoms with Gasteiger partial charge in [0.1, 0.15) is 5.75 Å². The smallest absolute Gasteiger partial charge is 0.189 e. The Kier molecular flexibility index (Phi) is 6.69. The van der Waals surface area contributed by atoms with Crippen molar-refractivity contribution < 1.29 is 4.74 Å². The van der Waals surface area contributed by atoms with Gasteiger partial charge >= 0.3 is 0 Å². The number of para-hydroxylation sites is 1. The highest BCUT2D eigenvalue weighted by Crippen LogP contribution is 2.36. The molecular formula is C20H24IN3OS. The number of guanidine groups is 1. The van der Waals surface area contributed by atoms with E-state index < -0.39 is 0 Å². The lowest BCUT2D eigenvalue weighted by Crippen LogP contribution is -2.37. The van der Waals surface area contributed by atoms with Gasteiger partial charge in [-0.1, -0.05) is 42.5 Å². The van der Waals surface area contributed by atoms with Crippen molar-refractivity contribution in [3.8, 4) is 5.75 Å². The molecular weight excluding hydrogens is 457 g/mol. The fraction of sp³-hybridized carbons (Fsp3) is 0.350. The highest BCUT2D eigenvalue weighted by atomic mass is 127. The SMILES string of the molecule is I.NC(=NCC1SCCc2ccccc21)NC1CCOc2ccccc21. The van der Waals surface area contributed by atoms with Crippen LogP contribution in [0.1, 0.15) is 34.4 Å². The molecule has 2 aromatic rings. The minimum Gasteiger partial charge on any atom is -0.493 e. The summed E-state index contributed by atoms with van der Waals surface area (Å²) >= 11 is 1.97. The fourth-order valence-electron chi connectivity index (χ4n) is 3.53. The molecule has 2 aliphatic heterocycles. The van der Waals surface area contributed by atoms with Gasteiger partial charge in [-0.2, -0.15) is 11.8 Å². The van der Waals surface area contributed by atoms with E-state index in [-0.39, 0.29) is 30.0 Å². The predicted molar refractivity (Wildman–Crippen MR) is 120 cm³/mol. The van der Waals surface area contributed by atoms with E-state index in [1.54, 1.807) is 0 Å². The van der Waals surface area contributed by atoms with Crippen molar-refractivity contribution in [3.63, 3.8) is 0 Å². The molecule has 2 aromatic carbocycles. The summed E-state index contributed by atoms with van der Waals surface area (Å²) < 4.78 is 5.71. The lowest BCUT2D eigenvalue weighted by Gasteiger charge is -2.27. The standard InChI is InChI=1S/C20H23N3OS.HI/c21-20(23-17-9-11-24-18-8-4-3-7-16(17)18)22-13-19-15-6-2-1-5-14(15)10-12-25-19;/h1-8,17,19H,9-13H2,(H3,21,22,23);1H. The summed E-state index contributed by atoms with van der Waals surface area (Å²) in [5, 5.41) is 3.77. The van der Waals surface area contributed by atoms with E-state index in [1.807, 2.05) is 30.0 Å². The summed E-state index contributed by atoms with van der Waals surface area (Å²) in [6.07, 6.45) is 2.04. The van der Waals surface area contributed by atoms with Crippen molar-refractivity contribution in [2.24, 2.45) is 10.7 Å². The summed E-state index contributed by atoms with van der Waals surface area (Å²) in [7, 11) is 0. The Morgan fingerprint density at radius 1 is 1.15 bits per heavy atom. The second-order valence-electron chi connectivity index (χ2n) is 6.41. The number of aryl methyl sites for hydroxylation is 1. The molecule has 2 atom stereocenters. The van der Waals surface area contributed by atoms with Gasteiger partial charge in [-0.3, -0.25) is 4.99 Å². The monoisotopic (exact) mass is 481 g/mol. The van der Waals surface area contributed by atoms with Gasteiger partial charge < -0.3 is 15.8 Å². The molecule has 3 N–H and O–H groups in total. The second-order valence-corrected chi connectivity index (χ2v) is 7.72. The topological polar surface area (TPSA) is 59.6 Å². The Bertz CT molecular complexity index is 783. The molecule has 0 aliphatic carbocycles. The van der Waals surface area contributed by atoms with Gasteiger partial charge in [0.2, 0.25) is 0 Å². The average Bonchev–Trinajstić information content (AvgIpc) is 2.66. The molecule has 0 saturated heterocycles. The van der Waals surface area contributed by atoms with E-state index in [0.717, 1.165) is 29.9 Å². The molecule has 0 spiro atoms. The number of benzene rings is 2. The van der Waals surface area contributed by atoms with E-state index in [0.29, 0.717) is 24.4 Å². The highest BCUT2D eigenvalue weighted by molar-refractivity contribution is 14.0. The Labute approximate surface area is 176 Å². The van der Waals surface area contributed by atoms with Crippen LogP contribution in [0.3, 0.4) is 0 Å². The zero-order chi connectivity index (χ0) is 17.1. The van der Waals surface area contributed by atoms with Crippen LogP contribution in [0.5, 0.6) is 5.75 Å². The number of hydrogen-bond acceptors (Lipinski definition) is 3. The van der Waals surface area contributed by atoms with Crippen molar-refractivity contribution in [1.29, 1.82) is 0 Å². The summed E-state index contributed by atoms with van der Waals surface area (Å²) in [5.74, 6) is 2.61. The largest absolute Gasteiger partial charge is 0.493 e. The first-order valence-corrected chi connectivity index (χ1v) is 9.84. The number of thioether (sulfide) groups is 1. The van der Waals surface area contributed by atoms with Crippen molar-refractivity contribution in [2.75, 3.05) is 18.9 Å². The maximum atomic E-state index is 6.19. The Morgan fingerprint density at radius 2 is 1.92 bits per heavy atom. The first-order chi connectivity index (χ1) is 12.3. The van der Waals surface area contributed by atoms with Gasteiger partial charge in [-0.05, 0) is 29.4 Å². The highest BCUT2D eigenvalue weighted by Gasteiger charge is 2.22. The number of nitrogens with two attached hydrogens (primary N) is 1. The first-order valence-electron chi connectivity index (χ1n) is 8.79. The number of nitrogens with one attached hydrogen (secondary N) is 1. The summed E-state index contributed by atoms with van der Waals surface area (Å²) in [6, 6.07) is 17.0. The molecule has 0 bridgehead atoms. The number of nitrogens with zero attached hydrogens (tertiary/aromatic N) is 1. The molecule has 0 amide bonds. The maximum absolute atomic E-state index is 6.19. The molecule has 2 heterocycles. The van der Waals surface area contributed by atoms with Crippen molar-refractivity contribution in [2.45, 2.75) is 24.1 Å². The van der Waals surface area contributed by atoms with Crippen LogP contribution in [0.2, 0.25) is 0 Å². The van der Waals surface area contributed by atoms with Crippen LogP contribution in [-0.2, 0) is 6.42 Å². The number of halogens is 1. The van der Waals surface area contributed by atoms with Crippen LogP contribution in [0.4, 0.5) is 0 Å². The maximum Gasteiger partial charge on any atom is 0.189 e. The molecule has 4 rings (SSSR count). The average molecular weight is 481 g/mol. The van der Waals surface area contributed by atoms with Gasteiger partial charge in [0, 0.05) is 17.2 Å². The summed E-state index contributed by atoms with van der Waals surface area (Å²) in [6.45, 7) is 1.42. The third kappa shape index (κ3) is 4.28. The molecule has 0 fully saturated rings. The summed E-state index contributed by atoms with van der Waals surface area (Å²) in [4.78, 5) is 4.64. The third-order valence-corrected chi connectivity index (χ3v) is 6.05. The van der Waals surface area contributed by atoms with Gasteiger partial charge in [-0.25, -0.2) is 0 Å². The lowest BCUT2D eigenvalue weighted by molar-refractivity contribution is 0.262. The molecule has 26 heavy (non-hydrogen) atoms. The van der Waals surface area contributed by atoms with Crippen molar-refractivity contribution >= 4 is 41.7 Å². The van der Waals surface area contributed by atoms with Crippen LogP contribution in [0, 0.1) is 0 Å². The van der Waals surface area contributed by atoms with Crippen LogP contribution >= 0.6 is 35.7 Å². The van der Waals surface area contributed by atoms with Crippen LogP contribution in [-0.4, -0.2) is 24.9 Å². The summed E-state index contributed by atoms with van der Waals surface area (Å²) in [5.41, 5.74) is 10.2. The fourth-order valence-corrected chi connectivity index (χ4v) is 4.74. The molecule has 6 heteroatoms. The number of fused-ring (bicyclic) bond motifs is 2. The molecule has 2 unspecified atom stereocenters. The molecule has 0 radical (unpaired) electrons. The molecule has 0 aromatic heterocycles. The Balaban J connectivity index is 0.00000196. The van der Waals surface area contributed by atoms with E-state index in [4.69, 9.17) is 10.5 Å². The quantitative estimate of drug-likeness (QED) is 0.395. The van der Waals surface area contributed by atoms with E-state index in [2.05, 4.69) is 40.6 Å². The Morgan fingerprint density at radius 3 is 2.81 bits per heavy atom. The Hall–Kier alpha value is -1.41. The minimum atomic E-state index is 0.